The average Bonchev–Trinajstić information content (AvgIpc) is 2.31. The van der Waals surface area contributed by atoms with E-state index in [1.54, 1.807) is 0 Å². The summed E-state index contributed by atoms with van der Waals surface area (Å²) in [7, 11) is 0. The summed E-state index contributed by atoms with van der Waals surface area (Å²) in [6, 6.07) is 3.92. The van der Waals surface area contributed by atoms with Crippen molar-refractivity contribution < 1.29 is 17.9 Å². The number of nitrogens with one attached hydrogen (secondary N) is 1. The van der Waals surface area contributed by atoms with Crippen LogP contribution < -0.4 is 10.1 Å². The van der Waals surface area contributed by atoms with Crippen molar-refractivity contribution in [3.8, 4) is 5.75 Å². The molecule has 0 spiro atoms. The Morgan fingerprint density at radius 3 is 2.19 bits per heavy atom. The average molecular weight is 303 g/mol. The van der Waals surface area contributed by atoms with Crippen LogP contribution in [-0.4, -0.2) is 19.3 Å². The zero-order valence-corrected chi connectivity index (χ0v) is 13.1. The predicted molar refractivity (Wildman–Crippen MR) is 78.6 cm³/mol. The third-order valence-corrected chi connectivity index (χ3v) is 3.03. The molecule has 0 heterocycles. The van der Waals surface area contributed by atoms with E-state index in [9.17, 15) is 13.2 Å². The molecule has 2 nitrogen and oxygen atoms in total. The van der Waals surface area contributed by atoms with Crippen LogP contribution in [0.1, 0.15) is 37.0 Å². The van der Waals surface area contributed by atoms with Gasteiger partial charge in [0.05, 0.1) is 13.0 Å². The quantitative estimate of drug-likeness (QED) is 0.807. The van der Waals surface area contributed by atoms with Crippen LogP contribution >= 0.6 is 0 Å². The second-order valence-corrected chi connectivity index (χ2v) is 5.80. The van der Waals surface area contributed by atoms with Crippen LogP contribution in [0.25, 0.3) is 0 Å². The molecule has 0 unspecified atom stereocenters. The van der Waals surface area contributed by atoms with E-state index in [-0.39, 0.29) is 6.61 Å². The smallest absolute Gasteiger partial charge is 0.392 e. The van der Waals surface area contributed by atoms with Gasteiger partial charge in [-0.05, 0) is 43.0 Å². The SMILES string of the molecule is Cc1cc(CNCC(C)C)cc(C)c1OCCC(F)(F)F. The van der Waals surface area contributed by atoms with Crippen LogP contribution in [0.15, 0.2) is 12.1 Å². The molecule has 1 N–H and O–H groups in total. The summed E-state index contributed by atoms with van der Waals surface area (Å²) in [6.07, 6.45) is -5.11. The van der Waals surface area contributed by atoms with E-state index in [2.05, 4.69) is 19.2 Å². The van der Waals surface area contributed by atoms with Crippen LogP contribution in [0.4, 0.5) is 13.2 Å². The first-order valence-corrected chi connectivity index (χ1v) is 7.19. The van der Waals surface area contributed by atoms with E-state index in [4.69, 9.17) is 4.74 Å². The Labute approximate surface area is 124 Å². The van der Waals surface area contributed by atoms with E-state index in [0.29, 0.717) is 11.7 Å². The Morgan fingerprint density at radius 1 is 1.14 bits per heavy atom. The number of benzene rings is 1. The first-order valence-electron chi connectivity index (χ1n) is 7.19. The molecule has 0 saturated carbocycles. The van der Waals surface area contributed by atoms with Crippen molar-refractivity contribution in [1.82, 2.24) is 5.32 Å². The van der Waals surface area contributed by atoms with Gasteiger partial charge in [0, 0.05) is 6.54 Å². The lowest BCUT2D eigenvalue weighted by molar-refractivity contribution is -0.139. The maximum atomic E-state index is 12.1. The van der Waals surface area contributed by atoms with Gasteiger partial charge in [-0.3, -0.25) is 0 Å². The Morgan fingerprint density at radius 2 is 1.71 bits per heavy atom. The van der Waals surface area contributed by atoms with Crippen molar-refractivity contribution in [3.63, 3.8) is 0 Å². The molecule has 0 saturated heterocycles. The summed E-state index contributed by atoms with van der Waals surface area (Å²) < 4.78 is 41.7. The zero-order valence-electron chi connectivity index (χ0n) is 13.1. The van der Waals surface area contributed by atoms with E-state index in [0.717, 1.165) is 29.8 Å². The highest BCUT2D eigenvalue weighted by atomic mass is 19.4. The zero-order chi connectivity index (χ0) is 16.0. The molecular formula is C16H24F3NO. The summed E-state index contributed by atoms with van der Waals surface area (Å²) in [4.78, 5) is 0. The van der Waals surface area contributed by atoms with Crippen LogP contribution in [0.2, 0.25) is 0 Å². The highest BCUT2D eigenvalue weighted by molar-refractivity contribution is 5.43. The van der Waals surface area contributed by atoms with Gasteiger partial charge in [0.15, 0.2) is 0 Å². The molecule has 5 heteroatoms. The van der Waals surface area contributed by atoms with Crippen LogP contribution in [-0.2, 0) is 6.54 Å². The Hall–Kier alpha value is -1.23. The molecule has 0 aromatic heterocycles. The fraction of sp³-hybridized carbons (Fsp3) is 0.625. The second kappa shape index (κ2) is 7.69. The molecule has 0 radical (unpaired) electrons. The van der Waals surface area contributed by atoms with E-state index in [1.807, 2.05) is 26.0 Å². The van der Waals surface area contributed by atoms with Crippen molar-refractivity contribution in [1.29, 1.82) is 0 Å². The Balaban J connectivity index is 2.62. The van der Waals surface area contributed by atoms with Gasteiger partial charge in [-0.15, -0.1) is 0 Å². The van der Waals surface area contributed by atoms with Crippen molar-refractivity contribution in [2.75, 3.05) is 13.2 Å². The van der Waals surface area contributed by atoms with Crippen molar-refractivity contribution in [3.05, 3.63) is 28.8 Å². The Kier molecular flexibility index (Phi) is 6.52. The number of hydrogen-bond donors (Lipinski definition) is 1. The molecular weight excluding hydrogens is 279 g/mol. The van der Waals surface area contributed by atoms with Gasteiger partial charge < -0.3 is 10.1 Å². The maximum Gasteiger partial charge on any atom is 0.392 e. The molecule has 0 aliphatic rings. The third kappa shape index (κ3) is 6.85. The summed E-state index contributed by atoms with van der Waals surface area (Å²) in [5.74, 6) is 1.14. The minimum absolute atomic E-state index is 0.337. The van der Waals surface area contributed by atoms with Gasteiger partial charge in [0.25, 0.3) is 0 Å². The topological polar surface area (TPSA) is 21.3 Å². The molecule has 1 aromatic rings. The van der Waals surface area contributed by atoms with E-state index >= 15 is 0 Å². The van der Waals surface area contributed by atoms with Gasteiger partial charge in [-0.25, -0.2) is 0 Å². The van der Waals surface area contributed by atoms with Gasteiger partial charge in [-0.2, -0.15) is 13.2 Å². The molecule has 1 aromatic carbocycles. The lowest BCUT2D eigenvalue weighted by Gasteiger charge is -2.15. The molecule has 0 fully saturated rings. The molecule has 1 rings (SSSR count). The standard InChI is InChI=1S/C16H24F3NO/c1-11(2)9-20-10-14-7-12(3)15(13(4)8-14)21-6-5-16(17,18)19/h7-8,11,20H,5-6,9-10H2,1-4H3. The number of hydrogen-bond acceptors (Lipinski definition) is 2. The van der Waals surface area contributed by atoms with E-state index < -0.39 is 12.6 Å². The number of ether oxygens (including phenoxy) is 1. The van der Waals surface area contributed by atoms with Crippen LogP contribution in [0.5, 0.6) is 5.75 Å². The first kappa shape index (κ1) is 17.8. The number of halogens is 3. The van der Waals surface area contributed by atoms with E-state index in [1.165, 1.54) is 0 Å². The lowest BCUT2D eigenvalue weighted by atomic mass is 10.1. The molecule has 21 heavy (non-hydrogen) atoms. The van der Waals surface area contributed by atoms with Crippen molar-refractivity contribution >= 4 is 0 Å². The highest BCUT2D eigenvalue weighted by Crippen LogP contribution is 2.26. The normalized spacial score (nSPS) is 12.0. The lowest BCUT2D eigenvalue weighted by Crippen LogP contribution is -2.19. The Bertz CT molecular complexity index is 432. The van der Waals surface area contributed by atoms with Gasteiger partial charge in [0.2, 0.25) is 0 Å². The summed E-state index contributed by atoms with van der Waals surface area (Å²) >= 11 is 0. The second-order valence-electron chi connectivity index (χ2n) is 5.80. The largest absolute Gasteiger partial charge is 0.493 e. The molecule has 0 amide bonds. The molecule has 0 aliphatic heterocycles. The monoisotopic (exact) mass is 303 g/mol. The summed E-state index contributed by atoms with van der Waals surface area (Å²) in [5, 5.41) is 3.35. The predicted octanol–water partition coefficient (Wildman–Crippen LogP) is 4.38. The minimum Gasteiger partial charge on any atom is -0.493 e. The van der Waals surface area contributed by atoms with Crippen molar-refractivity contribution in [2.24, 2.45) is 5.92 Å². The minimum atomic E-state index is -4.18. The van der Waals surface area contributed by atoms with Gasteiger partial charge in [-0.1, -0.05) is 26.0 Å². The highest BCUT2D eigenvalue weighted by Gasteiger charge is 2.27. The fourth-order valence-corrected chi connectivity index (χ4v) is 2.14. The molecule has 0 atom stereocenters. The number of alkyl halides is 3. The first-order chi connectivity index (χ1) is 9.69. The van der Waals surface area contributed by atoms with Crippen molar-refractivity contribution in [2.45, 2.75) is 46.8 Å². The number of rotatable bonds is 7. The number of aryl methyl sites for hydroxylation is 2. The summed E-state index contributed by atoms with van der Waals surface area (Å²) in [5.41, 5.74) is 2.87. The van der Waals surface area contributed by atoms with Gasteiger partial charge in [0.1, 0.15) is 5.75 Å². The van der Waals surface area contributed by atoms with Crippen LogP contribution in [0.3, 0.4) is 0 Å². The third-order valence-electron chi connectivity index (χ3n) is 3.03. The maximum absolute atomic E-state index is 12.1. The van der Waals surface area contributed by atoms with Crippen LogP contribution in [0, 0.1) is 19.8 Å². The molecule has 120 valence electrons. The summed E-state index contributed by atoms with van der Waals surface area (Å²) in [6.45, 7) is 9.35. The van der Waals surface area contributed by atoms with Gasteiger partial charge >= 0.3 is 6.18 Å². The fourth-order valence-electron chi connectivity index (χ4n) is 2.14. The molecule has 0 bridgehead atoms. The molecule has 0 aliphatic carbocycles.